The summed E-state index contributed by atoms with van der Waals surface area (Å²) in [6.45, 7) is 5.85. The van der Waals surface area contributed by atoms with Gasteiger partial charge in [-0.25, -0.2) is 14.4 Å². The Morgan fingerprint density at radius 2 is 1.71 bits per heavy atom. The van der Waals surface area contributed by atoms with Crippen LogP contribution in [0.3, 0.4) is 0 Å². The summed E-state index contributed by atoms with van der Waals surface area (Å²) in [6, 6.07) is 18.6. The van der Waals surface area contributed by atoms with Gasteiger partial charge in [0.1, 0.15) is 11.6 Å². The molecule has 0 spiro atoms. The molecule has 2 fully saturated rings. The first-order valence-corrected chi connectivity index (χ1v) is 12.0. The summed E-state index contributed by atoms with van der Waals surface area (Å²) >= 11 is 0. The number of carbonyl (C=O) groups is 1. The Labute approximate surface area is 200 Å². The van der Waals surface area contributed by atoms with Crippen molar-refractivity contribution in [2.45, 2.75) is 19.4 Å². The van der Waals surface area contributed by atoms with E-state index >= 15 is 0 Å². The van der Waals surface area contributed by atoms with Gasteiger partial charge in [-0.3, -0.25) is 9.69 Å². The molecule has 2 aromatic carbocycles. The molecule has 0 unspecified atom stereocenters. The van der Waals surface area contributed by atoms with Crippen molar-refractivity contribution in [3.63, 3.8) is 0 Å². The first kappa shape index (κ1) is 22.5. The van der Waals surface area contributed by atoms with E-state index in [4.69, 9.17) is 4.98 Å². The van der Waals surface area contributed by atoms with Gasteiger partial charge < -0.3 is 9.80 Å². The number of benzene rings is 2. The number of aromatic nitrogens is 2. The molecule has 0 bridgehead atoms. The Bertz CT molecular complexity index is 1100. The van der Waals surface area contributed by atoms with Crippen molar-refractivity contribution in [2.75, 3.05) is 44.2 Å². The van der Waals surface area contributed by atoms with Crippen LogP contribution < -0.4 is 4.90 Å². The molecule has 7 heteroatoms. The zero-order chi connectivity index (χ0) is 23.3. The van der Waals surface area contributed by atoms with E-state index in [0.717, 1.165) is 63.5 Å². The lowest BCUT2D eigenvalue weighted by Crippen LogP contribution is -2.52. The van der Waals surface area contributed by atoms with Crippen LogP contribution in [0.4, 0.5) is 10.2 Å². The molecule has 0 saturated carbocycles. The van der Waals surface area contributed by atoms with Crippen molar-refractivity contribution < 1.29 is 9.18 Å². The molecule has 0 radical (unpaired) electrons. The number of hydrogen-bond acceptors (Lipinski definition) is 5. The largest absolute Gasteiger partial charge is 0.356 e. The third-order valence-electron chi connectivity index (χ3n) is 6.77. The number of piperidine rings is 1. The summed E-state index contributed by atoms with van der Waals surface area (Å²) < 4.78 is 13.3. The number of nitrogens with zero attached hydrogens (tertiary/aromatic N) is 5. The van der Waals surface area contributed by atoms with Gasteiger partial charge >= 0.3 is 0 Å². The molecule has 1 aromatic heterocycles. The second-order valence-corrected chi connectivity index (χ2v) is 9.12. The molecule has 0 aliphatic carbocycles. The van der Waals surface area contributed by atoms with Gasteiger partial charge in [0.25, 0.3) is 0 Å². The predicted molar refractivity (Wildman–Crippen MR) is 131 cm³/mol. The highest BCUT2D eigenvalue weighted by Gasteiger charge is 2.31. The van der Waals surface area contributed by atoms with E-state index in [1.54, 1.807) is 18.3 Å². The van der Waals surface area contributed by atoms with Crippen LogP contribution in [-0.4, -0.2) is 64.9 Å². The lowest BCUT2D eigenvalue weighted by molar-refractivity contribution is -0.137. The maximum atomic E-state index is 13.3. The molecule has 176 valence electrons. The third-order valence-corrected chi connectivity index (χ3v) is 6.77. The average Bonchev–Trinajstić information content (AvgIpc) is 2.90. The van der Waals surface area contributed by atoms with Crippen LogP contribution in [0, 0.1) is 11.7 Å². The van der Waals surface area contributed by atoms with Crippen molar-refractivity contribution in [1.29, 1.82) is 0 Å². The van der Waals surface area contributed by atoms with Crippen LogP contribution in [0.2, 0.25) is 0 Å². The first-order chi connectivity index (χ1) is 16.7. The number of halogens is 1. The molecular weight excluding hydrogens is 429 g/mol. The highest BCUT2D eigenvalue weighted by Crippen LogP contribution is 2.25. The van der Waals surface area contributed by atoms with Crippen molar-refractivity contribution in [3.8, 4) is 11.4 Å². The number of rotatable bonds is 5. The van der Waals surface area contributed by atoms with Crippen LogP contribution in [0.1, 0.15) is 18.4 Å². The Balaban J connectivity index is 1.19. The summed E-state index contributed by atoms with van der Waals surface area (Å²) in [6.07, 6.45) is 3.61. The Morgan fingerprint density at radius 3 is 2.47 bits per heavy atom. The van der Waals surface area contributed by atoms with E-state index in [1.807, 2.05) is 17.0 Å². The highest BCUT2D eigenvalue weighted by atomic mass is 19.1. The molecule has 2 saturated heterocycles. The van der Waals surface area contributed by atoms with Crippen molar-refractivity contribution in [3.05, 3.63) is 78.2 Å². The summed E-state index contributed by atoms with van der Waals surface area (Å²) in [5.41, 5.74) is 2.09. The number of amides is 1. The van der Waals surface area contributed by atoms with E-state index in [9.17, 15) is 9.18 Å². The SMILES string of the molecule is O=C([C@@H]1CCCN(c2ccnc(-c3ccc(F)cc3)n2)C1)N1CCN(Cc2ccccc2)CC1. The Morgan fingerprint density at radius 1 is 0.941 bits per heavy atom. The maximum Gasteiger partial charge on any atom is 0.227 e. The molecule has 34 heavy (non-hydrogen) atoms. The van der Waals surface area contributed by atoms with Gasteiger partial charge in [-0.2, -0.15) is 0 Å². The summed E-state index contributed by atoms with van der Waals surface area (Å²) in [5.74, 6) is 1.36. The zero-order valence-corrected chi connectivity index (χ0v) is 19.3. The fourth-order valence-corrected chi connectivity index (χ4v) is 4.88. The van der Waals surface area contributed by atoms with E-state index in [2.05, 4.69) is 39.0 Å². The first-order valence-electron chi connectivity index (χ1n) is 12.0. The molecule has 5 rings (SSSR count). The normalized spacial score (nSPS) is 19.3. The summed E-state index contributed by atoms with van der Waals surface area (Å²) in [7, 11) is 0. The Kier molecular flexibility index (Phi) is 6.81. The smallest absolute Gasteiger partial charge is 0.227 e. The van der Waals surface area contributed by atoms with Crippen LogP contribution in [0.15, 0.2) is 66.9 Å². The van der Waals surface area contributed by atoms with Gasteiger partial charge in [-0.05, 0) is 48.7 Å². The fourth-order valence-electron chi connectivity index (χ4n) is 4.88. The van der Waals surface area contributed by atoms with Gasteiger partial charge in [0.2, 0.25) is 5.91 Å². The minimum atomic E-state index is -0.279. The van der Waals surface area contributed by atoms with Crippen LogP contribution in [0.5, 0.6) is 0 Å². The zero-order valence-electron chi connectivity index (χ0n) is 19.3. The second kappa shape index (κ2) is 10.3. The maximum absolute atomic E-state index is 13.3. The summed E-state index contributed by atoms with van der Waals surface area (Å²) in [4.78, 5) is 29.0. The van der Waals surface area contributed by atoms with Crippen LogP contribution in [-0.2, 0) is 11.3 Å². The summed E-state index contributed by atoms with van der Waals surface area (Å²) in [5, 5.41) is 0. The Hall–Kier alpha value is -3.32. The topological polar surface area (TPSA) is 52.6 Å². The van der Waals surface area contributed by atoms with E-state index in [0.29, 0.717) is 12.4 Å². The molecule has 6 nitrogen and oxygen atoms in total. The van der Waals surface area contributed by atoms with Crippen molar-refractivity contribution >= 4 is 11.7 Å². The number of anilines is 1. The van der Waals surface area contributed by atoms with Gasteiger partial charge in [0, 0.05) is 57.6 Å². The molecule has 1 amide bonds. The lowest BCUT2D eigenvalue weighted by atomic mass is 9.96. The van der Waals surface area contributed by atoms with Crippen molar-refractivity contribution in [2.24, 2.45) is 5.92 Å². The highest BCUT2D eigenvalue weighted by molar-refractivity contribution is 5.80. The minimum absolute atomic E-state index is 0.0151. The molecular formula is C27H30FN5O. The van der Waals surface area contributed by atoms with E-state index in [-0.39, 0.29) is 17.6 Å². The quantitative estimate of drug-likeness (QED) is 0.580. The minimum Gasteiger partial charge on any atom is -0.356 e. The molecule has 1 atom stereocenters. The van der Waals surface area contributed by atoms with E-state index in [1.165, 1.54) is 17.7 Å². The molecule has 3 heterocycles. The van der Waals surface area contributed by atoms with Gasteiger partial charge in [-0.15, -0.1) is 0 Å². The average molecular weight is 460 g/mol. The monoisotopic (exact) mass is 459 g/mol. The van der Waals surface area contributed by atoms with Gasteiger partial charge in [-0.1, -0.05) is 30.3 Å². The standard InChI is InChI=1S/C27H30FN5O/c28-24-10-8-22(9-11-24)26-29-13-12-25(30-26)33-14-4-7-23(20-33)27(34)32-17-15-31(16-18-32)19-21-5-2-1-3-6-21/h1-3,5-6,8-13,23H,4,7,14-20H2/t23-/m1/s1. The number of carbonyl (C=O) groups excluding carboxylic acids is 1. The van der Waals surface area contributed by atoms with E-state index < -0.39 is 0 Å². The van der Waals surface area contributed by atoms with Crippen molar-refractivity contribution in [1.82, 2.24) is 19.8 Å². The van der Waals surface area contributed by atoms with Crippen LogP contribution in [0.25, 0.3) is 11.4 Å². The number of hydrogen-bond donors (Lipinski definition) is 0. The van der Waals surface area contributed by atoms with Gasteiger partial charge in [0.15, 0.2) is 5.82 Å². The second-order valence-electron chi connectivity index (χ2n) is 9.12. The number of piperazine rings is 1. The van der Waals surface area contributed by atoms with Gasteiger partial charge in [0.05, 0.1) is 5.92 Å². The molecule has 2 aliphatic rings. The fraction of sp³-hybridized carbons (Fsp3) is 0.370. The molecule has 2 aliphatic heterocycles. The molecule has 3 aromatic rings. The van der Waals surface area contributed by atoms with Crippen LogP contribution >= 0.6 is 0 Å². The lowest BCUT2D eigenvalue weighted by Gasteiger charge is -2.39. The predicted octanol–water partition coefficient (Wildman–Crippen LogP) is 3.84. The third kappa shape index (κ3) is 5.25. The molecule has 0 N–H and O–H groups in total.